The Morgan fingerprint density at radius 3 is 3.00 bits per heavy atom. The highest BCUT2D eigenvalue weighted by Crippen LogP contribution is 2.23. The topological polar surface area (TPSA) is 57.8 Å². The molecule has 0 fully saturated rings. The minimum atomic E-state index is -2.56. The molecule has 8 heteroatoms. The molecule has 0 aliphatic heterocycles. The average molecular weight is 275 g/mol. The highest BCUT2D eigenvalue weighted by atomic mass is 32.1. The Bertz CT molecular complexity index is 540. The number of halogens is 2. The van der Waals surface area contributed by atoms with Crippen LogP contribution in [0.2, 0.25) is 0 Å². The molecule has 98 valence electrons. The van der Waals surface area contributed by atoms with E-state index in [2.05, 4.69) is 4.98 Å². The zero-order chi connectivity index (χ0) is 13.1. The molecule has 0 radical (unpaired) electrons. The molecule has 2 heterocycles. The summed E-state index contributed by atoms with van der Waals surface area (Å²) in [5.41, 5.74) is 0.223. The molecular formula is C10H11F2N3O2S. The number of fused-ring (bicyclic) bond motifs is 1. The van der Waals surface area contributed by atoms with Crippen molar-refractivity contribution in [1.29, 1.82) is 0 Å². The Kier molecular flexibility index (Phi) is 3.87. The third-order valence-electron chi connectivity index (χ3n) is 2.42. The van der Waals surface area contributed by atoms with Crippen LogP contribution in [0.5, 0.6) is 0 Å². The van der Waals surface area contributed by atoms with Crippen LogP contribution in [-0.2, 0) is 0 Å². The second-order valence-electron chi connectivity index (χ2n) is 3.55. The summed E-state index contributed by atoms with van der Waals surface area (Å²) in [6, 6.07) is 0. The fourth-order valence-corrected chi connectivity index (χ4v) is 2.42. The van der Waals surface area contributed by atoms with Crippen LogP contribution < -0.4 is 4.90 Å². The summed E-state index contributed by atoms with van der Waals surface area (Å²) in [7, 11) is 0. The lowest BCUT2D eigenvalue weighted by atomic mass is 10.4. The van der Waals surface area contributed by atoms with Gasteiger partial charge in [0.15, 0.2) is 17.1 Å². The molecule has 0 spiro atoms. The molecule has 2 aromatic rings. The van der Waals surface area contributed by atoms with Gasteiger partial charge in [-0.3, -0.25) is 9.20 Å². The quantitative estimate of drug-likeness (QED) is 0.807. The maximum Gasteiger partial charge on any atom is 0.255 e. The maximum absolute atomic E-state index is 12.5. The number of aldehydes is 1. The van der Waals surface area contributed by atoms with Crippen LogP contribution in [0.15, 0.2) is 11.6 Å². The van der Waals surface area contributed by atoms with E-state index in [9.17, 15) is 13.6 Å². The zero-order valence-electron chi connectivity index (χ0n) is 9.29. The van der Waals surface area contributed by atoms with E-state index in [1.54, 1.807) is 16.0 Å². The van der Waals surface area contributed by atoms with Crippen LogP contribution in [0.25, 0.3) is 4.96 Å². The smallest absolute Gasteiger partial charge is 0.255 e. The van der Waals surface area contributed by atoms with Crippen LogP contribution in [0.1, 0.15) is 10.5 Å². The Morgan fingerprint density at radius 2 is 2.39 bits per heavy atom. The number of alkyl halides is 2. The second-order valence-corrected chi connectivity index (χ2v) is 4.43. The number of nitrogens with zero attached hydrogens (tertiary/aromatic N) is 3. The number of hydrogen-bond donors (Lipinski definition) is 1. The number of aliphatic hydroxyl groups excluding tert-OH is 1. The number of rotatable bonds is 6. The number of aliphatic hydroxyl groups is 1. The van der Waals surface area contributed by atoms with Gasteiger partial charge in [-0.1, -0.05) is 0 Å². The van der Waals surface area contributed by atoms with E-state index in [1.165, 1.54) is 16.2 Å². The van der Waals surface area contributed by atoms with Gasteiger partial charge in [-0.2, -0.15) is 0 Å². The molecule has 5 nitrogen and oxygen atoms in total. The van der Waals surface area contributed by atoms with Crippen LogP contribution in [0.4, 0.5) is 14.6 Å². The molecule has 0 saturated carbocycles. The first-order valence-electron chi connectivity index (χ1n) is 5.22. The van der Waals surface area contributed by atoms with Gasteiger partial charge in [0, 0.05) is 18.1 Å². The number of carbonyl (C=O) groups is 1. The SMILES string of the molecule is O=Cc1c(N(CCO)CC(F)F)nc2sccn12. The average Bonchev–Trinajstić information content (AvgIpc) is 2.86. The van der Waals surface area contributed by atoms with E-state index in [0.29, 0.717) is 11.2 Å². The largest absolute Gasteiger partial charge is 0.395 e. The van der Waals surface area contributed by atoms with Gasteiger partial charge in [0.1, 0.15) is 5.69 Å². The van der Waals surface area contributed by atoms with E-state index >= 15 is 0 Å². The highest BCUT2D eigenvalue weighted by molar-refractivity contribution is 7.15. The van der Waals surface area contributed by atoms with Crippen LogP contribution in [-0.4, -0.2) is 46.9 Å². The van der Waals surface area contributed by atoms with Crippen LogP contribution >= 0.6 is 11.3 Å². The lowest BCUT2D eigenvalue weighted by molar-refractivity contribution is 0.111. The van der Waals surface area contributed by atoms with Crippen molar-refractivity contribution in [3.8, 4) is 0 Å². The normalized spacial score (nSPS) is 11.3. The minimum absolute atomic E-state index is 0.00993. The molecule has 0 atom stereocenters. The lowest BCUT2D eigenvalue weighted by Crippen LogP contribution is -2.32. The molecule has 0 aliphatic rings. The third kappa shape index (κ3) is 2.34. The van der Waals surface area contributed by atoms with Gasteiger partial charge in [-0.05, 0) is 0 Å². The molecule has 2 rings (SSSR count). The summed E-state index contributed by atoms with van der Waals surface area (Å²) >= 11 is 1.31. The minimum Gasteiger partial charge on any atom is -0.395 e. The second kappa shape index (κ2) is 5.40. The van der Waals surface area contributed by atoms with E-state index in [4.69, 9.17) is 5.11 Å². The van der Waals surface area contributed by atoms with Gasteiger partial charge >= 0.3 is 0 Å². The fourth-order valence-electron chi connectivity index (χ4n) is 1.71. The first-order chi connectivity index (χ1) is 8.67. The Labute approximate surface area is 105 Å². The molecule has 0 aliphatic carbocycles. The molecule has 18 heavy (non-hydrogen) atoms. The van der Waals surface area contributed by atoms with Gasteiger partial charge in [-0.25, -0.2) is 13.8 Å². The third-order valence-corrected chi connectivity index (χ3v) is 3.18. The molecule has 0 amide bonds. The van der Waals surface area contributed by atoms with Crippen molar-refractivity contribution in [2.24, 2.45) is 0 Å². The van der Waals surface area contributed by atoms with E-state index < -0.39 is 13.0 Å². The van der Waals surface area contributed by atoms with Crippen molar-refractivity contribution in [3.05, 3.63) is 17.3 Å². The van der Waals surface area contributed by atoms with Crippen molar-refractivity contribution in [1.82, 2.24) is 9.38 Å². The van der Waals surface area contributed by atoms with Gasteiger partial charge in [0.2, 0.25) is 0 Å². The van der Waals surface area contributed by atoms with Crippen molar-refractivity contribution in [3.63, 3.8) is 0 Å². The highest BCUT2D eigenvalue weighted by Gasteiger charge is 2.21. The summed E-state index contributed by atoms with van der Waals surface area (Å²) in [5, 5.41) is 10.6. The fraction of sp³-hybridized carbons (Fsp3) is 0.400. The van der Waals surface area contributed by atoms with Crippen LogP contribution in [0.3, 0.4) is 0 Å². The number of anilines is 1. The summed E-state index contributed by atoms with van der Waals surface area (Å²) in [4.78, 5) is 17.0. The van der Waals surface area contributed by atoms with E-state index in [0.717, 1.165) is 0 Å². The van der Waals surface area contributed by atoms with E-state index in [1.807, 2.05) is 0 Å². The molecule has 1 N–H and O–H groups in total. The molecular weight excluding hydrogens is 264 g/mol. The number of imidazole rings is 1. The standard InChI is InChI=1S/C10H11F2N3O2S/c11-8(12)5-14(1-3-16)9-7(6-17)15-2-4-18-10(15)13-9/h2,4,6,8,16H,1,3,5H2. The Hall–Kier alpha value is -1.54. The molecule has 0 bridgehead atoms. The first-order valence-corrected chi connectivity index (χ1v) is 6.10. The summed E-state index contributed by atoms with van der Waals surface area (Å²) < 4.78 is 26.5. The van der Waals surface area contributed by atoms with Crippen molar-refractivity contribution in [2.45, 2.75) is 6.43 Å². The number of aromatic nitrogens is 2. The predicted octanol–water partition coefficient (Wildman–Crippen LogP) is 1.27. The van der Waals surface area contributed by atoms with Crippen molar-refractivity contribution in [2.75, 3.05) is 24.6 Å². The molecule has 2 aromatic heterocycles. The monoisotopic (exact) mass is 275 g/mol. The van der Waals surface area contributed by atoms with Crippen LogP contribution in [0, 0.1) is 0 Å². The summed E-state index contributed by atoms with van der Waals surface area (Å²) in [5.74, 6) is 0.186. The Balaban J connectivity index is 2.41. The van der Waals surface area contributed by atoms with Gasteiger partial charge in [0.05, 0.1) is 13.2 Å². The summed E-state index contributed by atoms with van der Waals surface area (Å²) in [6.07, 6.45) is -0.326. The van der Waals surface area contributed by atoms with Gasteiger partial charge in [0.25, 0.3) is 6.43 Å². The lowest BCUT2D eigenvalue weighted by Gasteiger charge is -2.21. The van der Waals surface area contributed by atoms with Crippen molar-refractivity contribution < 1.29 is 18.7 Å². The Morgan fingerprint density at radius 1 is 1.61 bits per heavy atom. The predicted molar refractivity (Wildman–Crippen MR) is 63.8 cm³/mol. The number of hydrogen-bond acceptors (Lipinski definition) is 5. The zero-order valence-corrected chi connectivity index (χ0v) is 10.1. The maximum atomic E-state index is 12.5. The molecule has 0 unspecified atom stereocenters. The molecule has 0 saturated heterocycles. The van der Waals surface area contributed by atoms with Crippen molar-refractivity contribution >= 4 is 28.4 Å². The van der Waals surface area contributed by atoms with Gasteiger partial charge in [-0.15, -0.1) is 11.3 Å². The van der Waals surface area contributed by atoms with E-state index in [-0.39, 0.29) is 24.7 Å². The van der Waals surface area contributed by atoms with Gasteiger partial charge < -0.3 is 10.0 Å². The number of carbonyl (C=O) groups excluding carboxylic acids is 1. The summed E-state index contributed by atoms with van der Waals surface area (Å²) in [6.45, 7) is -0.835. The first kappa shape index (κ1) is 12.9. The number of thiazole rings is 1. The molecule has 0 aromatic carbocycles.